The number of nitrogen functional groups attached to an aromatic ring is 1. The molecule has 0 amide bonds. The molecule has 5 heteroatoms. The number of nitrogens with zero attached hydrogens (tertiary/aromatic N) is 2. The van der Waals surface area contributed by atoms with E-state index in [4.69, 9.17) is 10.8 Å². The first-order valence-corrected chi connectivity index (χ1v) is 4.77. The van der Waals surface area contributed by atoms with Crippen LogP contribution in [0.25, 0.3) is 0 Å². The van der Waals surface area contributed by atoms with Gasteiger partial charge in [-0.15, -0.1) is 0 Å². The van der Waals surface area contributed by atoms with Gasteiger partial charge in [0, 0.05) is 0 Å². The van der Waals surface area contributed by atoms with Crippen molar-refractivity contribution in [2.75, 3.05) is 5.73 Å². The summed E-state index contributed by atoms with van der Waals surface area (Å²) < 4.78 is 1.47. The SMILES string of the molecule is Nc1c(C(=O)O)cnn1Cc1ccccc1. The molecule has 0 fully saturated rings. The van der Waals surface area contributed by atoms with Crippen molar-refractivity contribution < 1.29 is 9.90 Å². The van der Waals surface area contributed by atoms with Gasteiger partial charge in [-0.3, -0.25) is 0 Å². The predicted molar refractivity (Wildman–Crippen MR) is 59.1 cm³/mol. The highest BCUT2D eigenvalue weighted by molar-refractivity contribution is 5.92. The Balaban J connectivity index is 2.26. The second kappa shape index (κ2) is 4.06. The fraction of sp³-hybridized carbons (Fsp3) is 0.0909. The molecule has 3 N–H and O–H groups in total. The van der Waals surface area contributed by atoms with E-state index in [1.807, 2.05) is 30.3 Å². The fourth-order valence-electron chi connectivity index (χ4n) is 1.44. The molecule has 16 heavy (non-hydrogen) atoms. The maximum absolute atomic E-state index is 10.8. The zero-order valence-electron chi connectivity index (χ0n) is 8.50. The van der Waals surface area contributed by atoms with Crippen molar-refractivity contribution in [2.45, 2.75) is 6.54 Å². The number of rotatable bonds is 3. The summed E-state index contributed by atoms with van der Waals surface area (Å²) >= 11 is 0. The second-order valence-electron chi connectivity index (χ2n) is 3.39. The highest BCUT2D eigenvalue weighted by Crippen LogP contribution is 2.12. The van der Waals surface area contributed by atoms with Gasteiger partial charge in [0.15, 0.2) is 0 Å². The van der Waals surface area contributed by atoms with Crippen LogP contribution in [0.5, 0.6) is 0 Å². The van der Waals surface area contributed by atoms with Crippen molar-refractivity contribution in [1.82, 2.24) is 9.78 Å². The molecular formula is C11H11N3O2. The van der Waals surface area contributed by atoms with E-state index in [-0.39, 0.29) is 11.4 Å². The number of hydrogen-bond acceptors (Lipinski definition) is 3. The van der Waals surface area contributed by atoms with Crippen molar-refractivity contribution in [3.05, 3.63) is 47.7 Å². The minimum Gasteiger partial charge on any atom is -0.477 e. The van der Waals surface area contributed by atoms with E-state index in [2.05, 4.69) is 5.10 Å². The van der Waals surface area contributed by atoms with Crippen LogP contribution in [-0.2, 0) is 6.54 Å². The molecule has 0 unspecified atom stereocenters. The number of nitrogens with two attached hydrogens (primary N) is 1. The molecule has 0 aliphatic heterocycles. The summed E-state index contributed by atoms with van der Waals surface area (Å²) in [4.78, 5) is 10.8. The molecule has 0 radical (unpaired) electrons. The Morgan fingerprint density at radius 2 is 2.06 bits per heavy atom. The number of carboxylic acid groups (broad SMARTS) is 1. The van der Waals surface area contributed by atoms with Gasteiger partial charge in [0.05, 0.1) is 12.7 Å². The molecule has 1 heterocycles. The van der Waals surface area contributed by atoms with Gasteiger partial charge in [0.25, 0.3) is 0 Å². The Morgan fingerprint density at radius 1 is 1.38 bits per heavy atom. The zero-order valence-corrected chi connectivity index (χ0v) is 8.50. The van der Waals surface area contributed by atoms with Crippen molar-refractivity contribution in [1.29, 1.82) is 0 Å². The average molecular weight is 217 g/mol. The second-order valence-corrected chi connectivity index (χ2v) is 3.39. The van der Waals surface area contributed by atoms with Gasteiger partial charge in [-0.25, -0.2) is 9.48 Å². The topological polar surface area (TPSA) is 81.1 Å². The van der Waals surface area contributed by atoms with E-state index < -0.39 is 5.97 Å². The number of anilines is 1. The Hall–Kier alpha value is -2.30. The van der Waals surface area contributed by atoms with Crippen LogP contribution in [-0.4, -0.2) is 20.9 Å². The van der Waals surface area contributed by atoms with E-state index in [9.17, 15) is 4.79 Å². The summed E-state index contributed by atoms with van der Waals surface area (Å²) in [5.74, 6) is -0.881. The van der Waals surface area contributed by atoms with Gasteiger partial charge in [-0.05, 0) is 5.56 Å². The smallest absolute Gasteiger partial charge is 0.341 e. The Morgan fingerprint density at radius 3 is 2.62 bits per heavy atom. The third-order valence-corrected chi connectivity index (χ3v) is 2.29. The van der Waals surface area contributed by atoms with Gasteiger partial charge in [-0.1, -0.05) is 30.3 Å². The maximum Gasteiger partial charge on any atom is 0.341 e. The lowest BCUT2D eigenvalue weighted by molar-refractivity contribution is 0.0698. The summed E-state index contributed by atoms with van der Waals surface area (Å²) in [6.07, 6.45) is 1.26. The van der Waals surface area contributed by atoms with E-state index in [1.165, 1.54) is 10.9 Å². The first-order valence-electron chi connectivity index (χ1n) is 4.77. The van der Waals surface area contributed by atoms with Crippen molar-refractivity contribution in [3.8, 4) is 0 Å². The van der Waals surface area contributed by atoms with E-state index in [0.717, 1.165) is 5.56 Å². The van der Waals surface area contributed by atoms with Crippen LogP contribution in [0.15, 0.2) is 36.5 Å². The third kappa shape index (κ3) is 1.88. The highest BCUT2D eigenvalue weighted by Gasteiger charge is 2.13. The molecule has 1 aromatic heterocycles. The summed E-state index contributed by atoms with van der Waals surface area (Å²) in [6.45, 7) is 0.472. The molecule has 1 aromatic carbocycles. The maximum atomic E-state index is 10.8. The summed E-state index contributed by atoms with van der Waals surface area (Å²) in [5.41, 5.74) is 6.73. The minimum atomic E-state index is -1.06. The lowest BCUT2D eigenvalue weighted by atomic mass is 10.2. The van der Waals surface area contributed by atoms with Gasteiger partial charge in [0.2, 0.25) is 0 Å². The molecule has 0 bridgehead atoms. The van der Waals surface area contributed by atoms with Gasteiger partial charge in [-0.2, -0.15) is 5.10 Å². The molecule has 0 saturated heterocycles. The van der Waals surface area contributed by atoms with E-state index >= 15 is 0 Å². The largest absolute Gasteiger partial charge is 0.477 e. The number of hydrogen-bond donors (Lipinski definition) is 2. The molecule has 0 atom stereocenters. The molecule has 82 valence electrons. The van der Waals surface area contributed by atoms with E-state index in [1.54, 1.807) is 0 Å². The lowest BCUT2D eigenvalue weighted by Crippen LogP contribution is -2.08. The van der Waals surface area contributed by atoms with Gasteiger partial charge < -0.3 is 10.8 Å². The van der Waals surface area contributed by atoms with Crippen LogP contribution in [0.4, 0.5) is 5.82 Å². The molecule has 0 spiro atoms. The number of carboxylic acids is 1. The highest BCUT2D eigenvalue weighted by atomic mass is 16.4. The number of aromatic carboxylic acids is 1. The Bertz CT molecular complexity index is 505. The molecular weight excluding hydrogens is 206 g/mol. The number of carbonyl (C=O) groups is 1. The quantitative estimate of drug-likeness (QED) is 0.809. The standard InChI is InChI=1S/C11H11N3O2/c12-10-9(11(15)16)6-13-14(10)7-8-4-2-1-3-5-8/h1-6H,7,12H2,(H,15,16). The van der Waals surface area contributed by atoms with Gasteiger partial charge >= 0.3 is 5.97 Å². The summed E-state index contributed by atoms with van der Waals surface area (Å²) in [5, 5.41) is 12.8. The molecule has 0 aliphatic rings. The Labute approximate surface area is 92.1 Å². The zero-order chi connectivity index (χ0) is 11.5. The minimum absolute atomic E-state index is 0.0379. The van der Waals surface area contributed by atoms with Crippen LogP contribution < -0.4 is 5.73 Å². The van der Waals surface area contributed by atoms with E-state index in [0.29, 0.717) is 6.54 Å². The first-order chi connectivity index (χ1) is 7.68. The van der Waals surface area contributed by atoms with Crippen LogP contribution >= 0.6 is 0 Å². The van der Waals surface area contributed by atoms with Gasteiger partial charge in [0.1, 0.15) is 11.4 Å². The van der Waals surface area contributed by atoms with Crippen molar-refractivity contribution in [3.63, 3.8) is 0 Å². The van der Waals surface area contributed by atoms with Crippen LogP contribution in [0.2, 0.25) is 0 Å². The van der Waals surface area contributed by atoms with Crippen molar-refractivity contribution in [2.24, 2.45) is 0 Å². The average Bonchev–Trinajstić information content (AvgIpc) is 2.62. The molecule has 0 aliphatic carbocycles. The molecule has 2 rings (SSSR count). The van der Waals surface area contributed by atoms with Crippen LogP contribution in [0.3, 0.4) is 0 Å². The lowest BCUT2D eigenvalue weighted by Gasteiger charge is -2.04. The first kappa shape index (κ1) is 10.2. The van der Waals surface area contributed by atoms with Crippen LogP contribution in [0.1, 0.15) is 15.9 Å². The molecule has 2 aromatic rings. The number of aromatic nitrogens is 2. The molecule has 0 saturated carbocycles. The monoisotopic (exact) mass is 217 g/mol. The summed E-state index contributed by atoms with van der Waals surface area (Å²) in [7, 11) is 0. The summed E-state index contributed by atoms with van der Waals surface area (Å²) in [6, 6.07) is 9.60. The fourth-order valence-corrected chi connectivity index (χ4v) is 1.44. The normalized spacial score (nSPS) is 10.2. The predicted octanol–water partition coefficient (Wildman–Crippen LogP) is 1.21. The van der Waals surface area contributed by atoms with Crippen molar-refractivity contribution >= 4 is 11.8 Å². The number of benzene rings is 1. The molecule has 5 nitrogen and oxygen atoms in total. The third-order valence-electron chi connectivity index (χ3n) is 2.29. The van der Waals surface area contributed by atoms with Crippen LogP contribution in [0, 0.1) is 0 Å². The Kier molecular flexibility index (Phi) is 2.59.